The number of nitrogens with zero attached hydrogens (tertiary/aromatic N) is 1. The molecule has 1 saturated heterocycles. The topological polar surface area (TPSA) is 33.0 Å². The highest BCUT2D eigenvalue weighted by Gasteiger charge is 2.09. The van der Waals surface area contributed by atoms with Gasteiger partial charge < -0.3 is 4.74 Å². The fraction of sp³-hybridized carbons (Fsp3) is 0.625. The van der Waals surface area contributed by atoms with E-state index < -0.39 is 0 Å². The predicted molar refractivity (Wildman–Crippen MR) is 38.3 cm³/mol. The molecule has 1 aliphatic rings. The van der Waals surface area contributed by atoms with E-state index in [4.69, 9.17) is 10.00 Å². The molecule has 0 saturated carbocycles. The lowest BCUT2D eigenvalue weighted by atomic mass is 10.0. The van der Waals surface area contributed by atoms with E-state index in [-0.39, 0.29) is 0 Å². The van der Waals surface area contributed by atoms with Gasteiger partial charge in [-0.2, -0.15) is 5.26 Å². The summed E-state index contributed by atoms with van der Waals surface area (Å²) in [5.74, 6) is 0.480. The van der Waals surface area contributed by atoms with Gasteiger partial charge in [0.2, 0.25) is 0 Å². The minimum atomic E-state index is 0.480. The van der Waals surface area contributed by atoms with E-state index >= 15 is 0 Å². The van der Waals surface area contributed by atoms with Crippen molar-refractivity contribution in [1.29, 1.82) is 5.26 Å². The summed E-state index contributed by atoms with van der Waals surface area (Å²) in [5.41, 5.74) is 0. The number of rotatable bonds is 1. The van der Waals surface area contributed by atoms with Gasteiger partial charge in [0.05, 0.1) is 12.7 Å². The van der Waals surface area contributed by atoms with E-state index in [1.165, 1.54) is 0 Å². The Hall–Kier alpha value is -0.810. The molecule has 54 valence electrons. The van der Waals surface area contributed by atoms with Crippen LogP contribution in [0.3, 0.4) is 0 Å². The van der Waals surface area contributed by atoms with Crippen molar-refractivity contribution < 1.29 is 4.74 Å². The summed E-state index contributed by atoms with van der Waals surface area (Å²) in [4.78, 5) is 0. The van der Waals surface area contributed by atoms with Gasteiger partial charge in [0, 0.05) is 18.6 Å². The van der Waals surface area contributed by atoms with Crippen molar-refractivity contribution in [3.8, 4) is 6.07 Å². The van der Waals surface area contributed by atoms with E-state index in [0.29, 0.717) is 5.92 Å². The van der Waals surface area contributed by atoms with Crippen LogP contribution in [0.25, 0.3) is 0 Å². The van der Waals surface area contributed by atoms with Crippen molar-refractivity contribution in [2.45, 2.75) is 12.8 Å². The van der Waals surface area contributed by atoms with Crippen molar-refractivity contribution in [3.05, 3.63) is 12.2 Å². The average molecular weight is 137 g/mol. The van der Waals surface area contributed by atoms with Crippen molar-refractivity contribution in [2.75, 3.05) is 13.2 Å². The summed E-state index contributed by atoms with van der Waals surface area (Å²) in [7, 11) is 0. The van der Waals surface area contributed by atoms with Crippen LogP contribution < -0.4 is 0 Å². The predicted octanol–water partition coefficient (Wildman–Crippen LogP) is 1.49. The maximum Gasteiger partial charge on any atom is 0.0908 e. The number of nitriles is 1. The largest absolute Gasteiger partial charge is 0.381 e. The molecule has 1 fully saturated rings. The molecule has 1 heterocycles. The first-order valence-electron chi connectivity index (χ1n) is 3.57. The zero-order chi connectivity index (χ0) is 7.23. The standard InChI is InChI=1S/C8H11NO/c9-5-1-3-8-4-2-6-10-7-8/h1,3,8H,2,4,6-7H2/b3-1+. The van der Waals surface area contributed by atoms with Crippen LogP contribution in [-0.4, -0.2) is 13.2 Å². The maximum absolute atomic E-state index is 8.22. The molecule has 1 atom stereocenters. The highest BCUT2D eigenvalue weighted by atomic mass is 16.5. The molecule has 0 bridgehead atoms. The monoisotopic (exact) mass is 137 g/mol. The summed E-state index contributed by atoms with van der Waals surface area (Å²) in [5, 5.41) is 8.22. The molecule has 1 aliphatic heterocycles. The van der Waals surface area contributed by atoms with Crippen LogP contribution in [0.4, 0.5) is 0 Å². The van der Waals surface area contributed by atoms with Gasteiger partial charge in [-0.05, 0) is 12.8 Å². The Balaban J connectivity index is 2.27. The van der Waals surface area contributed by atoms with Crippen LogP contribution >= 0.6 is 0 Å². The number of hydrogen-bond acceptors (Lipinski definition) is 2. The Labute approximate surface area is 61.1 Å². The second kappa shape index (κ2) is 4.08. The zero-order valence-electron chi connectivity index (χ0n) is 5.92. The van der Waals surface area contributed by atoms with Gasteiger partial charge in [0.25, 0.3) is 0 Å². The van der Waals surface area contributed by atoms with E-state index in [2.05, 4.69) is 0 Å². The molecule has 1 unspecified atom stereocenters. The molecule has 2 heteroatoms. The Bertz CT molecular complexity index is 151. The Morgan fingerprint density at radius 3 is 3.10 bits per heavy atom. The Kier molecular flexibility index (Phi) is 2.98. The average Bonchev–Trinajstić information content (AvgIpc) is 2.03. The molecular weight excluding hydrogens is 126 g/mol. The molecule has 2 nitrogen and oxygen atoms in total. The molecule has 0 spiro atoms. The van der Waals surface area contributed by atoms with Gasteiger partial charge in [-0.15, -0.1) is 0 Å². The summed E-state index contributed by atoms with van der Waals surface area (Å²) in [6.07, 6.45) is 5.76. The molecule has 0 aliphatic carbocycles. The first-order valence-corrected chi connectivity index (χ1v) is 3.57. The Morgan fingerprint density at radius 2 is 2.50 bits per heavy atom. The van der Waals surface area contributed by atoms with Crippen LogP contribution in [-0.2, 0) is 4.74 Å². The fourth-order valence-corrected chi connectivity index (χ4v) is 1.10. The smallest absolute Gasteiger partial charge is 0.0908 e. The van der Waals surface area contributed by atoms with E-state index in [1.54, 1.807) is 6.08 Å². The first kappa shape index (κ1) is 7.30. The SMILES string of the molecule is N#C/C=C/C1CCCOC1. The molecule has 0 N–H and O–H groups in total. The lowest BCUT2D eigenvalue weighted by molar-refractivity contribution is 0.0710. The summed E-state index contributed by atoms with van der Waals surface area (Å²) in [6, 6.07) is 1.98. The second-order valence-corrected chi connectivity index (χ2v) is 2.47. The van der Waals surface area contributed by atoms with Crippen molar-refractivity contribution in [2.24, 2.45) is 5.92 Å². The summed E-state index contributed by atoms with van der Waals surface area (Å²) in [6.45, 7) is 1.68. The van der Waals surface area contributed by atoms with Gasteiger partial charge in [-0.1, -0.05) is 6.08 Å². The second-order valence-electron chi connectivity index (χ2n) is 2.47. The minimum Gasteiger partial charge on any atom is -0.381 e. The molecular formula is C8H11NO. The quantitative estimate of drug-likeness (QED) is 0.513. The van der Waals surface area contributed by atoms with Crippen LogP contribution in [0.15, 0.2) is 12.2 Å². The zero-order valence-corrected chi connectivity index (χ0v) is 5.92. The number of ether oxygens (including phenoxy) is 1. The van der Waals surface area contributed by atoms with Gasteiger partial charge in [-0.25, -0.2) is 0 Å². The van der Waals surface area contributed by atoms with Gasteiger partial charge in [0.15, 0.2) is 0 Å². The first-order chi connectivity index (χ1) is 4.93. The van der Waals surface area contributed by atoms with Gasteiger partial charge in [0.1, 0.15) is 0 Å². The highest BCUT2D eigenvalue weighted by molar-refractivity contribution is 5.04. The lowest BCUT2D eigenvalue weighted by Crippen LogP contribution is -2.14. The third kappa shape index (κ3) is 2.20. The molecule has 0 radical (unpaired) electrons. The minimum absolute atomic E-state index is 0.480. The van der Waals surface area contributed by atoms with Gasteiger partial charge >= 0.3 is 0 Å². The summed E-state index contributed by atoms with van der Waals surface area (Å²) >= 11 is 0. The normalized spacial score (nSPS) is 26.5. The third-order valence-electron chi connectivity index (χ3n) is 1.64. The molecule has 0 amide bonds. The van der Waals surface area contributed by atoms with E-state index in [9.17, 15) is 0 Å². The lowest BCUT2D eigenvalue weighted by Gasteiger charge is -2.17. The highest BCUT2D eigenvalue weighted by Crippen LogP contribution is 2.13. The van der Waals surface area contributed by atoms with E-state index in [1.807, 2.05) is 12.1 Å². The van der Waals surface area contributed by atoms with Crippen molar-refractivity contribution in [1.82, 2.24) is 0 Å². The van der Waals surface area contributed by atoms with Crippen molar-refractivity contribution >= 4 is 0 Å². The summed E-state index contributed by atoms with van der Waals surface area (Å²) < 4.78 is 5.22. The molecule has 1 rings (SSSR count). The molecule has 10 heavy (non-hydrogen) atoms. The van der Waals surface area contributed by atoms with Crippen molar-refractivity contribution in [3.63, 3.8) is 0 Å². The maximum atomic E-state index is 8.22. The number of hydrogen-bond donors (Lipinski definition) is 0. The molecule has 0 aromatic heterocycles. The number of allylic oxidation sites excluding steroid dienone is 1. The van der Waals surface area contributed by atoms with Crippen LogP contribution in [0.1, 0.15) is 12.8 Å². The molecule has 0 aromatic rings. The van der Waals surface area contributed by atoms with Crippen LogP contribution in [0.2, 0.25) is 0 Å². The molecule has 0 aromatic carbocycles. The Morgan fingerprint density at radius 1 is 1.60 bits per heavy atom. The van der Waals surface area contributed by atoms with Crippen LogP contribution in [0.5, 0.6) is 0 Å². The van der Waals surface area contributed by atoms with Crippen LogP contribution in [0, 0.1) is 17.2 Å². The van der Waals surface area contributed by atoms with E-state index in [0.717, 1.165) is 26.1 Å². The third-order valence-corrected chi connectivity index (χ3v) is 1.64. The van der Waals surface area contributed by atoms with Gasteiger partial charge in [-0.3, -0.25) is 0 Å². The fourth-order valence-electron chi connectivity index (χ4n) is 1.10.